The maximum absolute atomic E-state index is 11.8. The Balaban J connectivity index is 2.69. The fourth-order valence-corrected chi connectivity index (χ4v) is 1.78. The van der Waals surface area contributed by atoms with Gasteiger partial charge in [0.15, 0.2) is 0 Å². The minimum absolute atomic E-state index is 0.211. The number of carbonyl (C=O) groups is 1. The van der Waals surface area contributed by atoms with Gasteiger partial charge in [-0.05, 0) is 25.2 Å². The summed E-state index contributed by atoms with van der Waals surface area (Å²) < 4.78 is 6.74. The number of carbonyl (C=O) groups excluding carboxylic acids is 1. The number of aromatic nitrogens is 2. The van der Waals surface area contributed by atoms with E-state index >= 15 is 0 Å². The molecule has 0 spiro atoms. The van der Waals surface area contributed by atoms with Crippen molar-refractivity contribution < 1.29 is 14.4 Å². The van der Waals surface area contributed by atoms with Gasteiger partial charge in [0.1, 0.15) is 11.9 Å². The zero-order chi connectivity index (χ0) is 13.8. The zero-order valence-electron chi connectivity index (χ0n) is 11.7. The van der Waals surface area contributed by atoms with E-state index in [1.165, 1.54) is 23.5 Å². The van der Waals surface area contributed by atoms with Gasteiger partial charge in [-0.1, -0.05) is 27.7 Å². The smallest absolute Gasteiger partial charge is 0.426 e. The molecular weight excluding hydrogens is 232 g/mol. The molecule has 0 aromatic carbocycles. The molecule has 0 bridgehead atoms. The van der Waals surface area contributed by atoms with Gasteiger partial charge in [0.2, 0.25) is 0 Å². The fourth-order valence-electron chi connectivity index (χ4n) is 1.78. The van der Waals surface area contributed by atoms with Gasteiger partial charge in [0.05, 0.1) is 6.20 Å². The summed E-state index contributed by atoms with van der Waals surface area (Å²) in [5.41, 5.74) is -0.535. The van der Waals surface area contributed by atoms with Crippen molar-refractivity contribution in [3.8, 4) is 0 Å². The van der Waals surface area contributed by atoms with Crippen LogP contribution in [-0.4, -0.2) is 21.5 Å². The Kier molecular flexibility index (Phi) is 4.76. The molecule has 1 rings (SSSR count). The van der Waals surface area contributed by atoms with Crippen molar-refractivity contribution >= 4 is 6.16 Å². The highest BCUT2D eigenvalue weighted by molar-refractivity contribution is 5.61. The third-order valence-electron chi connectivity index (χ3n) is 3.70. The van der Waals surface area contributed by atoms with E-state index in [1.807, 2.05) is 20.8 Å². The summed E-state index contributed by atoms with van der Waals surface area (Å²) in [6, 6.07) is 0. The van der Waals surface area contributed by atoms with Gasteiger partial charge in [0, 0.05) is 6.20 Å². The Morgan fingerprint density at radius 2 is 2.11 bits per heavy atom. The molecule has 0 amide bonds. The molecule has 0 aliphatic carbocycles. The predicted octanol–water partition coefficient (Wildman–Crippen LogP) is 2.91. The molecule has 0 N–H and O–H groups in total. The van der Waals surface area contributed by atoms with Gasteiger partial charge in [-0.2, -0.15) is 4.73 Å². The summed E-state index contributed by atoms with van der Waals surface area (Å²) in [5, 5.41) is 0. The van der Waals surface area contributed by atoms with E-state index in [0.717, 1.165) is 6.42 Å². The normalized spacial score (nSPS) is 16.1. The Labute approximate surface area is 108 Å². The lowest BCUT2D eigenvalue weighted by atomic mass is 9.79. The van der Waals surface area contributed by atoms with Crippen LogP contribution in [0.15, 0.2) is 18.7 Å². The van der Waals surface area contributed by atoms with Crippen LogP contribution in [0.3, 0.4) is 0 Å². The summed E-state index contributed by atoms with van der Waals surface area (Å²) in [7, 11) is 0. The molecule has 0 saturated carbocycles. The quantitative estimate of drug-likeness (QED) is 0.758. The molecule has 2 atom stereocenters. The van der Waals surface area contributed by atoms with Crippen molar-refractivity contribution in [1.29, 1.82) is 0 Å². The first-order valence-corrected chi connectivity index (χ1v) is 6.29. The summed E-state index contributed by atoms with van der Waals surface area (Å²) >= 11 is 0. The average molecular weight is 254 g/mol. The fraction of sp³-hybridized carbons (Fsp3) is 0.692. The lowest BCUT2D eigenvalue weighted by molar-refractivity contribution is -0.0826. The minimum atomic E-state index is -0.704. The topological polar surface area (TPSA) is 53.4 Å². The Hall–Kier alpha value is -1.52. The van der Waals surface area contributed by atoms with Gasteiger partial charge in [-0.3, -0.25) is 0 Å². The lowest BCUT2D eigenvalue weighted by Crippen LogP contribution is -2.44. The van der Waals surface area contributed by atoms with Crippen molar-refractivity contribution in [2.75, 3.05) is 0 Å². The van der Waals surface area contributed by atoms with Crippen molar-refractivity contribution in [2.24, 2.45) is 11.8 Å². The molecule has 5 heteroatoms. The van der Waals surface area contributed by atoms with E-state index < -0.39 is 11.8 Å². The van der Waals surface area contributed by atoms with E-state index in [0.29, 0.717) is 0 Å². The summed E-state index contributed by atoms with van der Waals surface area (Å²) in [6.45, 7) is 10.2. The first kappa shape index (κ1) is 14.5. The van der Waals surface area contributed by atoms with E-state index in [2.05, 4.69) is 18.8 Å². The second-order valence-corrected chi connectivity index (χ2v) is 5.01. The van der Waals surface area contributed by atoms with Crippen LogP contribution in [-0.2, 0) is 4.74 Å². The third-order valence-corrected chi connectivity index (χ3v) is 3.70. The van der Waals surface area contributed by atoms with E-state index in [9.17, 15) is 4.79 Å². The maximum Gasteiger partial charge on any atom is 0.534 e. The van der Waals surface area contributed by atoms with Crippen LogP contribution < -0.4 is 4.84 Å². The first-order chi connectivity index (χ1) is 8.40. The van der Waals surface area contributed by atoms with Crippen LogP contribution in [0.25, 0.3) is 0 Å². The highest BCUT2D eigenvalue weighted by atomic mass is 16.8. The van der Waals surface area contributed by atoms with Crippen molar-refractivity contribution in [3.63, 3.8) is 0 Å². The van der Waals surface area contributed by atoms with Crippen LogP contribution in [0.1, 0.15) is 41.0 Å². The van der Waals surface area contributed by atoms with Crippen LogP contribution in [0.2, 0.25) is 0 Å². The number of rotatable bonds is 5. The van der Waals surface area contributed by atoms with Gasteiger partial charge in [-0.15, -0.1) is 0 Å². The monoisotopic (exact) mass is 254 g/mol. The molecule has 5 nitrogen and oxygen atoms in total. The van der Waals surface area contributed by atoms with Crippen molar-refractivity contribution in [3.05, 3.63) is 18.7 Å². The molecule has 0 aliphatic rings. The van der Waals surface area contributed by atoms with Gasteiger partial charge < -0.3 is 9.57 Å². The Bertz CT molecular complexity index is 376. The highest BCUT2D eigenvalue weighted by Crippen LogP contribution is 2.32. The minimum Gasteiger partial charge on any atom is -0.426 e. The predicted molar refractivity (Wildman–Crippen MR) is 68.0 cm³/mol. The molecule has 1 heterocycles. The number of nitrogens with zero attached hydrogens (tertiary/aromatic N) is 2. The van der Waals surface area contributed by atoms with Crippen molar-refractivity contribution in [2.45, 2.75) is 46.6 Å². The molecule has 1 aromatic heterocycles. The molecular formula is C13H22N2O3. The van der Waals surface area contributed by atoms with E-state index in [1.54, 1.807) is 0 Å². The van der Waals surface area contributed by atoms with Crippen LogP contribution in [0.5, 0.6) is 0 Å². The number of hydrogen-bond acceptors (Lipinski definition) is 4. The molecule has 1 aromatic rings. The van der Waals surface area contributed by atoms with Crippen molar-refractivity contribution in [1.82, 2.24) is 9.71 Å². The Morgan fingerprint density at radius 1 is 1.44 bits per heavy atom. The number of imidazole rings is 1. The molecule has 102 valence electrons. The second kappa shape index (κ2) is 5.89. The van der Waals surface area contributed by atoms with Crippen LogP contribution >= 0.6 is 0 Å². The SMILES string of the molecule is CCC(C)C(C)(OC(=O)On1ccnc1)C(C)C. The molecule has 0 aliphatic heterocycles. The third kappa shape index (κ3) is 3.24. The van der Waals surface area contributed by atoms with Gasteiger partial charge in [-0.25, -0.2) is 9.78 Å². The first-order valence-electron chi connectivity index (χ1n) is 6.29. The number of ether oxygens (including phenoxy) is 1. The second-order valence-electron chi connectivity index (χ2n) is 5.01. The average Bonchev–Trinajstić information content (AvgIpc) is 2.79. The summed E-state index contributed by atoms with van der Waals surface area (Å²) in [6.07, 6.45) is 4.70. The van der Waals surface area contributed by atoms with E-state index in [-0.39, 0.29) is 11.8 Å². The molecule has 0 radical (unpaired) electrons. The summed E-state index contributed by atoms with van der Waals surface area (Å²) in [4.78, 5) is 20.5. The largest absolute Gasteiger partial charge is 0.534 e. The molecule has 0 saturated heterocycles. The molecule has 2 unspecified atom stereocenters. The maximum atomic E-state index is 11.8. The van der Waals surface area contributed by atoms with E-state index in [4.69, 9.17) is 9.57 Å². The van der Waals surface area contributed by atoms with Gasteiger partial charge >= 0.3 is 6.16 Å². The Morgan fingerprint density at radius 3 is 2.56 bits per heavy atom. The van der Waals surface area contributed by atoms with Gasteiger partial charge in [0.25, 0.3) is 0 Å². The zero-order valence-corrected chi connectivity index (χ0v) is 11.7. The molecule has 18 heavy (non-hydrogen) atoms. The standard InChI is InChI=1S/C13H22N2O3/c1-6-11(4)13(5,10(2)3)17-12(16)18-15-8-7-14-9-15/h7-11H,6H2,1-5H3. The highest BCUT2D eigenvalue weighted by Gasteiger charge is 2.38. The number of hydrogen-bond donors (Lipinski definition) is 0. The lowest BCUT2D eigenvalue weighted by Gasteiger charge is -2.37. The van der Waals surface area contributed by atoms with Crippen LogP contribution in [0.4, 0.5) is 4.79 Å². The molecule has 0 fully saturated rings. The summed E-state index contributed by atoms with van der Waals surface area (Å²) in [5.74, 6) is 0.468. The van der Waals surface area contributed by atoms with Crippen LogP contribution in [0, 0.1) is 11.8 Å².